The highest BCUT2D eigenvalue weighted by molar-refractivity contribution is 7.18. The molecule has 3 unspecified atom stereocenters. The highest BCUT2D eigenvalue weighted by atomic mass is 32.1. The van der Waals surface area contributed by atoms with Crippen LogP contribution in [0.25, 0.3) is 21.3 Å². The maximum Gasteiger partial charge on any atom is 0.335 e. The van der Waals surface area contributed by atoms with Crippen LogP contribution < -0.4 is 4.74 Å². The van der Waals surface area contributed by atoms with Crippen LogP contribution in [0.4, 0.5) is 0 Å². The number of likely N-dealkylation sites (tertiary alicyclic amines) is 1. The molecule has 3 fully saturated rings. The minimum absolute atomic E-state index is 0.113. The zero-order chi connectivity index (χ0) is 28.3. The van der Waals surface area contributed by atoms with Crippen LogP contribution in [0.15, 0.2) is 60.7 Å². The van der Waals surface area contributed by atoms with Gasteiger partial charge in [-0.3, -0.25) is 4.90 Å². The van der Waals surface area contributed by atoms with Crippen LogP contribution in [0.2, 0.25) is 0 Å². The number of hydrogen-bond donors (Lipinski definition) is 1. The van der Waals surface area contributed by atoms with Crippen LogP contribution >= 0.6 is 11.3 Å². The van der Waals surface area contributed by atoms with E-state index in [0.29, 0.717) is 24.9 Å². The summed E-state index contributed by atoms with van der Waals surface area (Å²) in [6.45, 7) is 4.57. The lowest BCUT2D eigenvalue weighted by Crippen LogP contribution is -2.37. The molecule has 0 radical (unpaired) electrons. The third-order valence-corrected chi connectivity index (χ3v) is 10.1. The zero-order valence-corrected chi connectivity index (χ0v) is 23.9. The molecule has 2 aromatic carbocycles. The first-order valence-corrected chi connectivity index (χ1v) is 15.4. The van der Waals surface area contributed by atoms with Crippen molar-refractivity contribution >= 4 is 38.6 Å². The van der Waals surface area contributed by atoms with Gasteiger partial charge in [-0.05, 0) is 68.1 Å². The molecule has 8 rings (SSSR count). The van der Waals surface area contributed by atoms with Gasteiger partial charge >= 0.3 is 5.97 Å². The number of carboxylic acids is 1. The second kappa shape index (κ2) is 10.1. The van der Waals surface area contributed by atoms with E-state index in [2.05, 4.69) is 32.7 Å². The van der Waals surface area contributed by atoms with Crippen molar-refractivity contribution in [3.63, 3.8) is 0 Å². The topological polar surface area (TPSA) is 103 Å². The van der Waals surface area contributed by atoms with E-state index in [1.165, 1.54) is 4.70 Å². The number of thiazole rings is 1. The monoisotopic (exact) mass is 581 g/mol. The molecule has 3 atom stereocenters. The Kier molecular flexibility index (Phi) is 6.24. The SMILES string of the molecule is O=C(O)c1ccc2nc(CN3CCC4(c5cccc(OCc6nc7ccccc7s6)n5)CC4C3)n(CC3CCO3)c2c1. The van der Waals surface area contributed by atoms with Gasteiger partial charge in [0.15, 0.2) is 0 Å². The number of fused-ring (bicyclic) bond motifs is 3. The van der Waals surface area contributed by atoms with Crippen molar-refractivity contribution in [3.8, 4) is 5.88 Å². The third kappa shape index (κ3) is 4.63. The molecule has 0 spiro atoms. The molecule has 3 aliphatic rings. The summed E-state index contributed by atoms with van der Waals surface area (Å²) in [5.41, 5.74) is 4.23. The first kappa shape index (κ1) is 25.8. The molecule has 3 aromatic heterocycles. The number of pyridine rings is 1. The van der Waals surface area contributed by atoms with Crippen molar-refractivity contribution in [2.24, 2.45) is 5.92 Å². The molecular weight excluding hydrogens is 550 g/mol. The Balaban J connectivity index is 0.960. The number of para-hydroxylation sites is 1. The second-order valence-electron chi connectivity index (χ2n) is 11.7. The molecule has 2 saturated heterocycles. The molecule has 9 nitrogen and oxygen atoms in total. The number of imidazole rings is 1. The minimum atomic E-state index is -0.924. The van der Waals surface area contributed by atoms with E-state index in [1.54, 1.807) is 23.5 Å². The Morgan fingerprint density at radius 3 is 2.81 bits per heavy atom. The molecule has 5 heterocycles. The van der Waals surface area contributed by atoms with Crippen LogP contribution in [0, 0.1) is 5.92 Å². The first-order valence-electron chi connectivity index (χ1n) is 14.6. The number of aromatic nitrogens is 4. The number of ether oxygens (including phenoxy) is 2. The Morgan fingerprint density at radius 1 is 1.10 bits per heavy atom. The Morgan fingerprint density at radius 2 is 2.00 bits per heavy atom. The lowest BCUT2D eigenvalue weighted by molar-refractivity contribution is -0.0592. The van der Waals surface area contributed by atoms with Gasteiger partial charge in [0.25, 0.3) is 0 Å². The van der Waals surface area contributed by atoms with Crippen LogP contribution in [0.5, 0.6) is 5.88 Å². The van der Waals surface area contributed by atoms with E-state index < -0.39 is 5.97 Å². The highest BCUT2D eigenvalue weighted by Crippen LogP contribution is 2.59. The smallest absolute Gasteiger partial charge is 0.335 e. The third-order valence-electron chi connectivity index (χ3n) is 9.12. The second-order valence-corrected chi connectivity index (χ2v) is 12.8. The van der Waals surface area contributed by atoms with Crippen molar-refractivity contribution in [1.29, 1.82) is 0 Å². The average Bonchev–Trinajstić information content (AvgIpc) is 3.41. The maximum absolute atomic E-state index is 11.6. The van der Waals surface area contributed by atoms with E-state index in [1.807, 2.05) is 30.3 Å². The van der Waals surface area contributed by atoms with E-state index >= 15 is 0 Å². The lowest BCUT2D eigenvalue weighted by atomic mass is 9.91. The van der Waals surface area contributed by atoms with Crippen LogP contribution in [0.1, 0.15) is 46.1 Å². The number of piperidine rings is 1. The van der Waals surface area contributed by atoms with Gasteiger partial charge in [-0.2, -0.15) is 0 Å². The number of carboxylic acid groups (broad SMARTS) is 1. The minimum Gasteiger partial charge on any atom is -0.478 e. The van der Waals surface area contributed by atoms with Gasteiger partial charge in [0.2, 0.25) is 5.88 Å². The molecular formula is C32H31N5O4S. The van der Waals surface area contributed by atoms with Crippen LogP contribution in [0.3, 0.4) is 0 Å². The number of benzene rings is 2. The summed E-state index contributed by atoms with van der Waals surface area (Å²) in [5, 5.41) is 10.5. The normalized spacial score (nSPS) is 23.5. The first-order chi connectivity index (χ1) is 20.5. The summed E-state index contributed by atoms with van der Waals surface area (Å²) >= 11 is 1.66. The fourth-order valence-corrected chi connectivity index (χ4v) is 7.50. The lowest BCUT2D eigenvalue weighted by Gasteiger charge is -2.32. The fourth-order valence-electron chi connectivity index (χ4n) is 6.62. The summed E-state index contributed by atoms with van der Waals surface area (Å²) < 4.78 is 15.2. The van der Waals surface area contributed by atoms with E-state index in [4.69, 9.17) is 19.4 Å². The van der Waals surface area contributed by atoms with Crippen molar-refractivity contribution in [3.05, 3.63) is 82.8 Å². The summed E-state index contributed by atoms with van der Waals surface area (Å²) in [7, 11) is 0. The average molecular weight is 582 g/mol. The molecule has 5 aromatic rings. The van der Waals surface area contributed by atoms with Crippen LogP contribution in [-0.2, 0) is 29.8 Å². The number of aromatic carboxylic acids is 1. The van der Waals surface area contributed by atoms with Crippen molar-refractivity contribution < 1.29 is 19.4 Å². The molecule has 2 aliphatic heterocycles. The maximum atomic E-state index is 11.6. The number of carbonyl (C=O) groups is 1. The Labute approximate surface area is 246 Å². The summed E-state index contributed by atoms with van der Waals surface area (Å²) in [6, 6.07) is 19.5. The number of nitrogens with zero attached hydrogens (tertiary/aromatic N) is 5. The van der Waals surface area contributed by atoms with Gasteiger partial charge in [0, 0.05) is 24.6 Å². The van der Waals surface area contributed by atoms with E-state index in [9.17, 15) is 9.90 Å². The van der Waals surface area contributed by atoms with Crippen molar-refractivity contribution in [2.45, 2.75) is 50.5 Å². The molecule has 0 amide bonds. The summed E-state index contributed by atoms with van der Waals surface area (Å²) in [4.78, 5) is 28.7. The van der Waals surface area contributed by atoms with Crippen molar-refractivity contribution in [2.75, 3.05) is 19.7 Å². The van der Waals surface area contributed by atoms with E-state index in [-0.39, 0.29) is 17.1 Å². The Bertz CT molecular complexity index is 1780. The quantitative estimate of drug-likeness (QED) is 0.251. The molecule has 1 N–H and O–H groups in total. The molecule has 1 aliphatic carbocycles. The highest BCUT2D eigenvalue weighted by Gasteiger charge is 2.58. The van der Waals surface area contributed by atoms with Gasteiger partial charge in [-0.15, -0.1) is 11.3 Å². The molecule has 1 saturated carbocycles. The van der Waals surface area contributed by atoms with Crippen LogP contribution in [-0.4, -0.2) is 61.3 Å². The van der Waals surface area contributed by atoms with Crippen molar-refractivity contribution in [1.82, 2.24) is 24.4 Å². The summed E-state index contributed by atoms with van der Waals surface area (Å²) in [6.07, 6.45) is 3.35. The summed E-state index contributed by atoms with van der Waals surface area (Å²) in [5.74, 6) is 1.25. The molecule has 10 heteroatoms. The van der Waals surface area contributed by atoms with Gasteiger partial charge in [0.05, 0.1) is 51.7 Å². The molecule has 0 bridgehead atoms. The van der Waals surface area contributed by atoms with Gasteiger partial charge in [0.1, 0.15) is 17.4 Å². The molecule has 42 heavy (non-hydrogen) atoms. The fraction of sp³-hybridized carbons (Fsp3) is 0.375. The van der Waals surface area contributed by atoms with Gasteiger partial charge in [-0.25, -0.2) is 19.7 Å². The Hall–Kier alpha value is -3.86. The molecule has 214 valence electrons. The van der Waals surface area contributed by atoms with E-state index in [0.717, 1.165) is 78.6 Å². The standard InChI is InChI=1S/C32H31N5O4S/c38-31(39)20-8-9-23-25(14-20)37(17-22-10-13-40-22)28(33-23)18-36-12-11-32(15-21(32)16-36)27-6-3-7-29(35-27)41-19-30-34-24-4-1-2-5-26(24)42-30/h1-9,14,21-22H,10-13,15-19H2,(H,38,39). The van der Waals surface area contributed by atoms with Gasteiger partial charge < -0.3 is 19.1 Å². The number of hydrogen-bond acceptors (Lipinski definition) is 8. The predicted molar refractivity (Wildman–Crippen MR) is 159 cm³/mol. The number of rotatable bonds is 9. The largest absolute Gasteiger partial charge is 0.478 e. The predicted octanol–water partition coefficient (Wildman–Crippen LogP) is 5.27. The van der Waals surface area contributed by atoms with Gasteiger partial charge in [-0.1, -0.05) is 18.2 Å². The zero-order valence-electron chi connectivity index (χ0n) is 23.1.